The first kappa shape index (κ1) is 11.3. The topological polar surface area (TPSA) is 48.8 Å². The monoisotopic (exact) mass is 223 g/mol. The van der Waals surface area contributed by atoms with Gasteiger partial charge in [-0.25, -0.2) is 22.0 Å². The molecule has 0 heterocycles. The highest BCUT2D eigenvalue weighted by Gasteiger charge is 2.24. The van der Waals surface area contributed by atoms with Crippen molar-refractivity contribution in [2.45, 2.75) is 6.54 Å². The van der Waals surface area contributed by atoms with Crippen molar-refractivity contribution in [1.82, 2.24) is 0 Å². The zero-order chi connectivity index (χ0) is 11.6. The van der Waals surface area contributed by atoms with Crippen LogP contribution in [0.15, 0.2) is 5.11 Å². The maximum absolute atomic E-state index is 12.8. The minimum Gasteiger partial charge on any atom is -0.203 e. The van der Waals surface area contributed by atoms with E-state index in [9.17, 15) is 22.0 Å². The Hall–Kier alpha value is -1.82. The van der Waals surface area contributed by atoms with Crippen molar-refractivity contribution in [3.8, 4) is 0 Å². The van der Waals surface area contributed by atoms with Gasteiger partial charge in [-0.05, 0) is 5.53 Å². The van der Waals surface area contributed by atoms with Crippen molar-refractivity contribution in [1.29, 1.82) is 0 Å². The summed E-state index contributed by atoms with van der Waals surface area (Å²) in [5, 5.41) is 2.72. The molecule has 1 aromatic carbocycles. The van der Waals surface area contributed by atoms with Crippen molar-refractivity contribution >= 4 is 0 Å². The molecule has 0 aliphatic carbocycles. The molecule has 0 saturated carbocycles. The molecule has 1 aromatic rings. The Bertz CT molecular complexity index is 423. The maximum atomic E-state index is 12.8. The fourth-order valence-corrected chi connectivity index (χ4v) is 0.892. The Morgan fingerprint density at radius 2 is 1.27 bits per heavy atom. The predicted octanol–water partition coefficient (Wildman–Crippen LogP) is 3.19. The summed E-state index contributed by atoms with van der Waals surface area (Å²) >= 11 is 0. The SMILES string of the molecule is [N-]=[N+]=NCc1c(F)c(F)c(F)c(F)c1F. The molecule has 0 N–H and O–H groups in total. The second-order valence-electron chi connectivity index (χ2n) is 2.44. The second kappa shape index (κ2) is 4.14. The van der Waals surface area contributed by atoms with Gasteiger partial charge >= 0.3 is 0 Å². The zero-order valence-corrected chi connectivity index (χ0v) is 6.94. The van der Waals surface area contributed by atoms with Gasteiger partial charge in [0.2, 0.25) is 5.82 Å². The summed E-state index contributed by atoms with van der Waals surface area (Å²) in [4.78, 5) is 2.15. The largest absolute Gasteiger partial charge is 0.203 e. The Balaban J connectivity index is 3.44. The van der Waals surface area contributed by atoms with E-state index in [1.165, 1.54) is 0 Å². The van der Waals surface area contributed by atoms with Gasteiger partial charge in [-0.1, -0.05) is 5.11 Å². The fourth-order valence-electron chi connectivity index (χ4n) is 0.892. The number of benzene rings is 1. The minimum atomic E-state index is -2.24. The molecule has 0 unspecified atom stereocenters. The van der Waals surface area contributed by atoms with Crippen molar-refractivity contribution in [2.24, 2.45) is 5.11 Å². The fraction of sp³-hybridized carbons (Fsp3) is 0.143. The lowest BCUT2D eigenvalue weighted by Gasteiger charge is -2.04. The Kier molecular flexibility index (Phi) is 3.11. The average molecular weight is 223 g/mol. The molecule has 0 atom stereocenters. The molecule has 0 aromatic heterocycles. The average Bonchev–Trinajstić information content (AvgIpc) is 2.24. The number of halogens is 5. The van der Waals surface area contributed by atoms with E-state index in [2.05, 4.69) is 10.0 Å². The summed E-state index contributed by atoms with van der Waals surface area (Å²) in [6, 6.07) is 0. The van der Waals surface area contributed by atoms with Gasteiger partial charge in [0.05, 0.1) is 6.54 Å². The van der Waals surface area contributed by atoms with Crippen molar-refractivity contribution in [2.75, 3.05) is 0 Å². The molecule has 0 amide bonds. The predicted molar refractivity (Wildman–Crippen MR) is 39.1 cm³/mol. The molecule has 0 aliphatic rings. The number of rotatable bonds is 2. The molecule has 0 spiro atoms. The van der Waals surface area contributed by atoms with Crippen LogP contribution in [0, 0.1) is 29.1 Å². The van der Waals surface area contributed by atoms with Crippen LogP contribution in [0.25, 0.3) is 10.4 Å². The third-order valence-electron chi connectivity index (χ3n) is 1.59. The normalized spacial score (nSPS) is 9.93. The lowest BCUT2D eigenvalue weighted by Crippen LogP contribution is -2.06. The van der Waals surface area contributed by atoms with Gasteiger partial charge in [0.15, 0.2) is 23.3 Å². The highest BCUT2D eigenvalue weighted by molar-refractivity contribution is 5.23. The minimum absolute atomic E-state index is 0.942. The first-order chi connectivity index (χ1) is 7.00. The summed E-state index contributed by atoms with van der Waals surface area (Å²) in [6.07, 6.45) is 0. The highest BCUT2D eigenvalue weighted by atomic mass is 19.2. The van der Waals surface area contributed by atoms with Crippen LogP contribution < -0.4 is 0 Å². The third-order valence-corrected chi connectivity index (χ3v) is 1.59. The quantitative estimate of drug-likeness (QED) is 0.184. The number of azide groups is 1. The molecule has 15 heavy (non-hydrogen) atoms. The molecule has 0 fully saturated rings. The van der Waals surface area contributed by atoms with Crippen LogP contribution in [-0.4, -0.2) is 0 Å². The molecule has 0 aliphatic heterocycles. The molecule has 0 saturated heterocycles. The second-order valence-corrected chi connectivity index (χ2v) is 2.44. The van der Waals surface area contributed by atoms with Gasteiger partial charge in [-0.15, -0.1) is 0 Å². The standard InChI is InChI=1S/C7H2F5N3/c8-3-2(1-14-15-13)4(9)6(11)7(12)5(3)10/h1H2. The number of hydrogen-bond acceptors (Lipinski definition) is 1. The highest BCUT2D eigenvalue weighted by Crippen LogP contribution is 2.23. The molecule has 1 rings (SSSR count). The van der Waals surface area contributed by atoms with Gasteiger partial charge in [-0.2, -0.15) is 0 Å². The van der Waals surface area contributed by atoms with Gasteiger partial charge in [0.25, 0.3) is 0 Å². The van der Waals surface area contributed by atoms with Crippen LogP contribution in [0.1, 0.15) is 5.56 Å². The first-order valence-corrected chi connectivity index (χ1v) is 3.51. The summed E-state index contributed by atoms with van der Waals surface area (Å²) in [5.41, 5.74) is 6.71. The Labute approximate surface area is 79.8 Å². The van der Waals surface area contributed by atoms with Crippen molar-refractivity contribution in [3.63, 3.8) is 0 Å². The van der Waals surface area contributed by atoms with Gasteiger partial charge < -0.3 is 0 Å². The van der Waals surface area contributed by atoms with Gasteiger partial charge in [-0.3, -0.25) is 0 Å². The van der Waals surface area contributed by atoms with Crippen LogP contribution in [0.5, 0.6) is 0 Å². The van der Waals surface area contributed by atoms with E-state index in [-0.39, 0.29) is 0 Å². The summed E-state index contributed by atoms with van der Waals surface area (Å²) < 4.78 is 63.2. The molecular weight excluding hydrogens is 221 g/mol. The van der Waals surface area contributed by atoms with Gasteiger partial charge in [0.1, 0.15) is 0 Å². The molecular formula is C7H2F5N3. The third kappa shape index (κ3) is 1.84. The van der Waals surface area contributed by atoms with E-state index >= 15 is 0 Å². The van der Waals surface area contributed by atoms with Crippen LogP contribution in [0.2, 0.25) is 0 Å². The zero-order valence-electron chi connectivity index (χ0n) is 6.94. The van der Waals surface area contributed by atoms with E-state index < -0.39 is 41.2 Å². The number of nitrogens with zero attached hydrogens (tertiary/aromatic N) is 3. The lowest BCUT2D eigenvalue weighted by atomic mass is 10.1. The van der Waals surface area contributed by atoms with Gasteiger partial charge in [0, 0.05) is 10.5 Å². The van der Waals surface area contributed by atoms with E-state index in [1.807, 2.05) is 0 Å². The molecule has 8 heteroatoms. The van der Waals surface area contributed by atoms with Crippen molar-refractivity contribution < 1.29 is 22.0 Å². The first-order valence-electron chi connectivity index (χ1n) is 3.51. The molecule has 3 nitrogen and oxygen atoms in total. The summed E-state index contributed by atoms with van der Waals surface area (Å²) in [5.74, 6) is -10.3. The summed E-state index contributed by atoms with van der Waals surface area (Å²) in [6.45, 7) is -0.942. The maximum Gasteiger partial charge on any atom is 0.200 e. The van der Waals surface area contributed by atoms with E-state index in [0.29, 0.717) is 0 Å². The number of hydrogen-bond donors (Lipinski definition) is 0. The van der Waals surface area contributed by atoms with Crippen LogP contribution in [-0.2, 0) is 6.54 Å². The summed E-state index contributed by atoms with van der Waals surface area (Å²) in [7, 11) is 0. The smallest absolute Gasteiger partial charge is 0.200 e. The Morgan fingerprint density at radius 3 is 1.67 bits per heavy atom. The Morgan fingerprint density at radius 1 is 0.867 bits per heavy atom. The van der Waals surface area contributed by atoms with E-state index in [0.717, 1.165) is 0 Å². The van der Waals surface area contributed by atoms with E-state index in [4.69, 9.17) is 5.53 Å². The molecule has 0 bridgehead atoms. The lowest BCUT2D eigenvalue weighted by molar-refractivity contribution is 0.370. The van der Waals surface area contributed by atoms with Crippen molar-refractivity contribution in [3.05, 3.63) is 45.1 Å². The van der Waals surface area contributed by atoms with E-state index in [1.54, 1.807) is 0 Å². The molecule has 0 radical (unpaired) electrons. The van der Waals surface area contributed by atoms with Crippen LogP contribution >= 0.6 is 0 Å². The van der Waals surface area contributed by atoms with Crippen LogP contribution in [0.4, 0.5) is 22.0 Å². The molecule has 80 valence electrons. The van der Waals surface area contributed by atoms with Crippen LogP contribution in [0.3, 0.4) is 0 Å².